The molecule has 64 valence electrons. The van der Waals surface area contributed by atoms with Crippen molar-refractivity contribution in [3.63, 3.8) is 0 Å². The monoisotopic (exact) mass is 156 g/mol. The predicted molar refractivity (Wildman–Crippen MR) is 44.3 cm³/mol. The lowest BCUT2D eigenvalue weighted by molar-refractivity contribution is -0.131. The summed E-state index contributed by atoms with van der Waals surface area (Å²) in [6.45, 7) is 3.55. The average molecular weight is 156 g/mol. The highest BCUT2D eigenvalue weighted by Crippen LogP contribution is 2.03. The van der Waals surface area contributed by atoms with Gasteiger partial charge < -0.3 is 10.2 Å². The molecule has 1 fully saturated rings. The minimum Gasteiger partial charge on any atom is -0.343 e. The molecule has 1 aliphatic heterocycles. The third kappa shape index (κ3) is 2.19. The number of hydrogen-bond acceptors (Lipinski definition) is 2. The molecule has 0 aliphatic carbocycles. The molecule has 0 radical (unpaired) electrons. The van der Waals surface area contributed by atoms with E-state index in [0.29, 0.717) is 12.6 Å². The fourth-order valence-electron chi connectivity index (χ4n) is 1.41. The Morgan fingerprint density at radius 1 is 1.73 bits per heavy atom. The minimum atomic E-state index is 0.206. The van der Waals surface area contributed by atoms with Crippen LogP contribution in [0.1, 0.15) is 19.8 Å². The van der Waals surface area contributed by atoms with Crippen molar-refractivity contribution >= 4 is 5.91 Å². The Labute approximate surface area is 67.8 Å². The highest BCUT2D eigenvalue weighted by atomic mass is 16.2. The topological polar surface area (TPSA) is 32.3 Å². The molecule has 1 atom stereocenters. The lowest BCUT2D eigenvalue weighted by atomic mass is 10.1. The smallest absolute Gasteiger partial charge is 0.236 e. The third-order valence-electron chi connectivity index (χ3n) is 2.10. The van der Waals surface area contributed by atoms with Crippen molar-refractivity contribution in [3.05, 3.63) is 0 Å². The molecule has 0 aromatic rings. The van der Waals surface area contributed by atoms with Crippen LogP contribution in [0.25, 0.3) is 0 Å². The lowest BCUT2D eigenvalue weighted by Gasteiger charge is -2.30. The first-order valence-electron chi connectivity index (χ1n) is 4.21. The Hall–Kier alpha value is -0.570. The molecular formula is C8H16N2O. The van der Waals surface area contributed by atoms with Gasteiger partial charge in [0.05, 0.1) is 6.54 Å². The summed E-state index contributed by atoms with van der Waals surface area (Å²) in [5, 5.41) is 3.21. The molecule has 1 heterocycles. The van der Waals surface area contributed by atoms with Crippen LogP contribution in [0.4, 0.5) is 0 Å². The quantitative estimate of drug-likeness (QED) is 0.620. The fraction of sp³-hybridized carbons (Fsp3) is 0.875. The van der Waals surface area contributed by atoms with Crippen molar-refractivity contribution < 1.29 is 4.79 Å². The van der Waals surface area contributed by atoms with Gasteiger partial charge >= 0.3 is 0 Å². The van der Waals surface area contributed by atoms with Crippen molar-refractivity contribution in [1.29, 1.82) is 0 Å². The number of carbonyl (C=O) groups is 1. The number of piperazine rings is 1. The van der Waals surface area contributed by atoms with Crippen molar-refractivity contribution in [3.8, 4) is 0 Å². The van der Waals surface area contributed by atoms with Crippen LogP contribution in [0.2, 0.25) is 0 Å². The first kappa shape index (κ1) is 8.53. The molecule has 1 amide bonds. The zero-order chi connectivity index (χ0) is 8.27. The Morgan fingerprint density at radius 2 is 2.45 bits per heavy atom. The van der Waals surface area contributed by atoms with Crippen LogP contribution < -0.4 is 5.32 Å². The van der Waals surface area contributed by atoms with Gasteiger partial charge in [-0.15, -0.1) is 0 Å². The number of carbonyl (C=O) groups excluding carboxylic acids is 1. The molecule has 0 aromatic heterocycles. The van der Waals surface area contributed by atoms with Gasteiger partial charge in [0.25, 0.3) is 0 Å². The number of likely N-dealkylation sites (N-methyl/N-ethyl adjacent to an activating group) is 1. The molecule has 3 heteroatoms. The molecule has 1 saturated heterocycles. The molecule has 1 rings (SSSR count). The highest BCUT2D eigenvalue weighted by molar-refractivity contribution is 5.78. The van der Waals surface area contributed by atoms with E-state index < -0.39 is 0 Å². The summed E-state index contributed by atoms with van der Waals surface area (Å²) in [6.07, 6.45) is 2.34. The van der Waals surface area contributed by atoms with E-state index in [4.69, 9.17) is 0 Å². The van der Waals surface area contributed by atoms with E-state index in [9.17, 15) is 4.79 Å². The maximum atomic E-state index is 11.0. The Bertz CT molecular complexity index is 147. The summed E-state index contributed by atoms with van der Waals surface area (Å²) >= 11 is 0. The number of amides is 1. The van der Waals surface area contributed by atoms with E-state index in [1.165, 1.54) is 6.42 Å². The summed E-state index contributed by atoms with van der Waals surface area (Å²) in [7, 11) is 1.87. The van der Waals surface area contributed by atoms with Crippen LogP contribution in [0, 0.1) is 0 Å². The average Bonchev–Trinajstić information content (AvgIpc) is 1.98. The van der Waals surface area contributed by atoms with E-state index in [-0.39, 0.29) is 5.91 Å². The second-order valence-corrected chi connectivity index (χ2v) is 3.14. The van der Waals surface area contributed by atoms with Crippen molar-refractivity contribution in [2.45, 2.75) is 25.8 Å². The van der Waals surface area contributed by atoms with Crippen molar-refractivity contribution in [2.75, 3.05) is 20.1 Å². The molecule has 0 bridgehead atoms. The summed E-state index contributed by atoms with van der Waals surface area (Å²) in [6, 6.07) is 0.516. The van der Waals surface area contributed by atoms with Gasteiger partial charge in [0.1, 0.15) is 0 Å². The van der Waals surface area contributed by atoms with E-state index in [2.05, 4.69) is 12.2 Å². The molecule has 3 nitrogen and oxygen atoms in total. The molecule has 11 heavy (non-hydrogen) atoms. The van der Waals surface area contributed by atoms with Gasteiger partial charge in [-0.3, -0.25) is 4.79 Å². The Morgan fingerprint density at radius 3 is 3.00 bits per heavy atom. The normalized spacial score (nSPS) is 25.8. The van der Waals surface area contributed by atoms with Crippen LogP contribution in [0.15, 0.2) is 0 Å². The number of nitrogens with zero attached hydrogens (tertiary/aromatic N) is 1. The number of hydrogen-bond donors (Lipinski definition) is 1. The fourth-order valence-corrected chi connectivity index (χ4v) is 1.41. The second kappa shape index (κ2) is 3.72. The first-order valence-corrected chi connectivity index (χ1v) is 4.21. The summed E-state index contributed by atoms with van der Waals surface area (Å²) in [5.74, 6) is 0.206. The van der Waals surface area contributed by atoms with Gasteiger partial charge in [0, 0.05) is 19.6 Å². The molecule has 0 saturated carbocycles. The second-order valence-electron chi connectivity index (χ2n) is 3.14. The van der Waals surface area contributed by atoms with Crippen LogP contribution in [-0.2, 0) is 4.79 Å². The lowest BCUT2D eigenvalue weighted by Crippen LogP contribution is -2.52. The van der Waals surface area contributed by atoms with Crippen molar-refractivity contribution in [2.24, 2.45) is 0 Å². The SMILES string of the molecule is CCC[C@H]1CN(C)C(=O)CN1. The van der Waals surface area contributed by atoms with Gasteiger partial charge in [0.2, 0.25) is 5.91 Å². The predicted octanol–water partition coefficient (Wildman–Crippen LogP) is 0.217. The van der Waals surface area contributed by atoms with E-state index in [0.717, 1.165) is 13.0 Å². The Balaban J connectivity index is 2.33. The van der Waals surface area contributed by atoms with Gasteiger partial charge in [-0.2, -0.15) is 0 Å². The summed E-state index contributed by atoms with van der Waals surface area (Å²) in [5.41, 5.74) is 0. The molecule has 0 unspecified atom stereocenters. The van der Waals surface area contributed by atoms with E-state index in [1.54, 1.807) is 4.90 Å². The number of rotatable bonds is 2. The van der Waals surface area contributed by atoms with Gasteiger partial charge in [0.15, 0.2) is 0 Å². The van der Waals surface area contributed by atoms with E-state index >= 15 is 0 Å². The molecule has 0 spiro atoms. The Kier molecular flexibility index (Phi) is 2.88. The van der Waals surface area contributed by atoms with Gasteiger partial charge in [-0.25, -0.2) is 0 Å². The molecule has 1 N–H and O–H groups in total. The maximum absolute atomic E-state index is 11.0. The van der Waals surface area contributed by atoms with Gasteiger partial charge in [-0.1, -0.05) is 13.3 Å². The summed E-state index contributed by atoms with van der Waals surface area (Å²) in [4.78, 5) is 12.8. The first-order chi connectivity index (χ1) is 5.24. The van der Waals surface area contributed by atoms with Crippen LogP contribution >= 0.6 is 0 Å². The van der Waals surface area contributed by atoms with Crippen LogP contribution in [-0.4, -0.2) is 37.0 Å². The largest absolute Gasteiger partial charge is 0.343 e. The van der Waals surface area contributed by atoms with Crippen LogP contribution in [0.5, 0.6) is 0 Å². The standard InChI is InChI=1S/C8H16N2O/c1-3-4-7-6-10(2)8(11)5-9-7/h7,9H,3-6H2,1-2H3/t7-/m0/s1. The summed E-state index contributed by atoms with van der Waals surface area (Å²) < 4.78 is 0. The zero-order valence-electron chi connectivity index (χ0n) is 7.26. The van der Waals surface area contributed by atoms with Crippen LogP contribution in [0.3, 0.4) is 0 Å². The zero-order valence-corrected chi connectivity index (χ0v) is 7.26. The van der Waals surface area contributed by atoms with E-state index in [1.807, 2.05) is 7.05 Å². The third-order valence-corrected chi connectivity index (χ3v) is 2.10. The maximum Gasteiger partial charge on any atom is 0.236 e. The van der Waals surface area contributed by atoms with Crippen molar-refractivity contribution in [1.82, 2.24) is 10.2 Å². The molecule has 0 aromatic carbocycles. The van der Waals surface area contributed by atoms with Gasteiger partial charge in [-0.05, 0) is 6.42 Å². The highest BCUT2D eigenvalue weighted by Gasteiger charge is 2.20. The molecular weight excluding hydrogens is 140 g/mol. The minimum absolute atomic E-state index is 0.206. The molecule has 1 aliphatic rings. The number of nitrogens with one attached hydrogen (secondary N) is 1.